The van der Waals surface area contributed by atoms with Crippen LogP contribution in [0.1, 0.15) is 37.4 Å². The van der Waals surface area contributed by atoms with Crippen molar-refractivity contribution in [3.8, 4) is 10.6 Å². The van der Waals surface area contributed by atoms with E-state index < -0.39 is 0 Å². The maximum Gasteiger partial charge on any atom is 0.323 e. The Labute approximate surface area is 160 Å². The summed E-state index contributed by atoms with van der Waals surface area (Å²) in [7, 11) is 0. The summed E-state index contributed by atoms with van der Waals surface area (Å²) in [6, 6.07) is 9.62. The number of piperidine rings is 1. The van der Waals surface area contributed by atoms with Gasteiger partial charge in [0.15, 0.2) is 5.82 Å². The van der Waals surface area contributed by atoms with E-state index in [9.17, 15) is 4.79 Å². The Hall–Kier alpha value is -2.81. The number of hydrogen-bond acceptors (Lipinski definition) is 7. The first-order chi connectivity index (χ1) is 13.2. The van der Waals surface area contributed by atoms with E-state index in [0.717, 1.165) is 23.4 Å². The van der Waals surface area contributed by atoms with Gasteiger partial charge in [-0.1, -0.05) is 53.7 Å². The third-order valence-electron chi connectivity index (χ3n) is 4.52. The predicted molar refractivity (Wildman–Crippen MR) is 102 cm³/mol. The summed E-state index contributed by atoms with van der Waals surface area (Å²) in [6.07, 6.45) is 2.56. The SMILES string of the molecule is CCc1nc(C2CCCN(C(=O)Nc3nnc(-c4ccccc4)s3)C2)no1. The molecule has 1 N–H and O–H groups in total. The van der Waals surface area contributed by atoms with Gasteiger partial charge in [-0.2, -0.15) is 4.98 Å². The van der Waals surface area contributed by atoms with Crippen molar-refractivity contribution < 1.29 is 9.32 Å². The fourth-order valence-electron chi connectivity index (χ4n) is 3.09. The van der Waals surface area contributed by atoms with Crippen molar-refractivity contribution in [1.29, 1.82) is 0 Å². The third-order valence-corrected chi connectivity index (χ3v) is 5.41. The number of amides is 2. The predicted octanol–water partition coefficient (Wildman–Crippen LogP) is 3.56. The monoisotopic (exact) mass is 384 g/mol. The highest BCUT2D eigenvalue weighted by molar-refractivity contribution is 7.18. The van der Waals surface area contributed by atoms with Crippen molar-refractivity contribution in [2.45, 2.75) is 32.1 Å². The standard InChI is InChI=1S/C18H20N6O2S/c1-2-14-19-15(23-26-14)13-9-6-10-24(11-13)18(25)20-17-22-21-16(27-17)12-7-4-3-5-8-12/h3-5,7-8,13H,2,6,9-11H2,1H3,(H,20,22,25). The molecule has 27 heavy (non-hydrogen) atoms. The maximum absolute atomic E-state index is 12.6. The quantitative estimate of drug-likeness (QED) is 0.739. The summed E-state index contributed by atoms with van der Waals surface area (Å²) in [6.45, 7) is 3.24. The zero-order chi connectivity index (χ0) is 18.6. The van der Waals surface area contributed by atoms with Crippen LogP contribution in [-0.2, 0) is 6.42 Å². The Kier molecular flexibility index (Phi) is 5.10. The summed E-state index contributed by atoms with van der Waals surface area (Å²) in [5.41, 5.74) is 0.984. The van der Waals surface area contributed by atoms with Crippen molar-refractivity contribution in [3.05, 3.63) is 42.0 Å². The van der Waals surface area contributed by atoms with Gasteiger partial charge in [0.1, 0.15) is 5.01 Å². The molecule has 1 aromatic carbocycles. The normalized spacial score (nSPS) is 17.1. The number of nitrogens with zero attached hydrogens (tertiary/aromatic N) is 5. The van der Waals surface area contributed by atoms with Crippen molar-refractivity contribution in [3.63, 3.8) is 0 Å². The zero-order valence-corrected chi connectivity index (χ0v) is 15.8. The van der Waals surface area contributed by atoms with E-state index in [0.29, 0.717) is 36.4 Å². The van der Waals surface area contributed by atoms with Crippen LogP contribution < -0.4 is 5.32 Å². The third kappa shape index (κ3) is 3.97. The molecule has 1 aliphatic rings. The molecule has 0 spiro atoms. The molecule has 4 rings (SSSR count). The highest BCUT2D eigenvalue weighted by atomic mass is 32.1. The number of aromatic nitrogens is 4. The van der Waals surface area contributed by atoms with E-state index in [-0.39, 0.29) is 11.9 Å². The van der Waals surface area contributed by atoms with Crippen molar-refractivity contribution in [2.24, 2.45) is 0 Å². The number of hydrogen-bond donors (Lipinski definition) is 1. The van der Waals surface area contributed by atoms with Gasteiger partial charge in [-0.25, -0.2) is 4.79 Å². The first-order valence-electron chi connectivity index (χ1n) is 9.00. The molecule has 3 heterocycles. The van der Waals surface area contributed by atoms with Gasteiger partial charge in [0.05, 0.1) is 0 Å². The first kappa shape index (κ1) is 17.6. The number of rotatable bonds is 4. The minimum absolute atomic E-state index is 0.0999. The van der Waals surface area contributed by atoms with E-state index in [1.807, 2.05) is 37.3 Å². The van der Waals surface area contributed by atoms with Crippen LogP contribution in [0, 0.1) is 0 Å². The molecule has 1 unspecified atom stereocenters. The van der Waals surface area contributed by atoms with Crippen molar-refractivity contribution in [2.75, 3.05) is 18.4 Å². The summed E-state index contributed by atoms with van der Waals surface area (Å²) < 4.78 is 5.21. The molecule has 3 aromatic rings. The Morgan fingerprint density at radius 2 is 2.19 bits per heavy atom. The van der Waals surface area contributed by atoms with Gasteiger partial charge >= 0.3 is 6.03 Å². The topological polar surface area (TPSA) is 97.0 Å². The summed E-state index contributed by atoms with van der Waals surface area (Å²) >= 11 is 1.36. The Balaban J connectivity index is 1.40. The van der Waals surface area contributed by atoms with Gasteiger partial charge in [-0.3, -0.25) is 5.32 Å². The summed E-state index contributed by atoms with van der Waals surface area (Å²) in [5, 5.41) is 16.4. The lowest BCUT2D eigenvalue weighted by molar-refractivity contribution is 0.190. The van der Waals surface area contributed by atoms with Crippen LogP contribution in [0.2, 0.25) is 0 Å². The lowest BCUT2D eigenvalue weighted by atomic mass is 9.98. The van der Waals surface area contributed by atoms with Gasteiger partial charge in [0.2, 0.25) is 11.0 Å². The molecule has 140 valence electrons. The van der Waals surface area contributed by atoms with Crippen LogP contribution in [0.3, 0.4) is 0 Å². The molecule has 9 heteroatoms. The molecule has 0 bridgehead atoms. The highest BCUT2D eigenvalue weighted by Crippen LogP contribution is 2.28. The number of nitrogens with one attached hydrogen (secondary N) is 1. The number of benzene rings is 1. The fourth-order valence-corrected chi connectivity index (χ4v) is 3.83. The van der Waals surface area contributed by atoms with Gasteiger partial charge in [-0.15, -0.1) is 10.2 Å². The van der Waals surface area contributed by atoms with Gasteiger partial charge in [0, 0.05) is 31.0 Å². The summed E-state index contributed by atoms with van der Waals surface area (Å²) in [5.74, 6) is 1.42. The lowest BCUT2D eigenvalue weighted by Gasteiger charge is -2.30. The van der Waals surface area contributed by atoms with Crippen LogP contribution in [-0.4, -0.2) is 44.4 Å². The average Bonchev–Trinajstić information content (AvgIpc) is 3.38. The number of likely N-dealkylation sites (tertiary alicyclic amines) is 1. The highest BCUT2D eigenvalue weighted by Gasteiger charge is 2.28. The summed E-state index contributed by atoms with van der Waals surface area (Å²) in [4.78, 5) is 18.8. The number of aryl methyl sites for hydroxylation is 1. The second-order valence-electron chi connectivity index (χ2n) is 6.39. The molecule has 1 aliphatic heterocycles. The number of urea groups is 1. The molecule has 0 aliphatic carbocycles. The molecule has 0 saturated carbocycles. The lowest BCUT2D eigenvalue weighted by Crippen LogP contribution is -2.41. The van der Waals surface area contributed by atoms with Crippen molar-refractivity contribution >= 4 is 22.5 Å². The van der Waals surface area contributed by atoms with Gasteiger partial charge in [0.25, 0.3) is 0 Å². The van der Waals surface area contributed by atoms with E-state index in [4.69, 9.17) is 4.52 Å². The second kappa shape index (κ2) is 7.83. The molecule has 1 fully saturated rings. The smallest absolute Gasteiger partial charge is 0.323 e. The minimum atomic E-state index is -0.172. The first-order valence-corrected chi connectivity index (χ1v) is 9.82. The van der Waals surface area contributed by atoms with Crippen molar-refractivity contribution in [1.82, 2.24) is 25.2 Å². The molecular formula is C18H20N6O2S. The molecule has 8 nitrogen and oxygen atoms in total. The molecule has 1 saturated heterocycles. The van der Waals surface area contributed by atoms with E-state index >= 15 is 0 Å². The average molecular weight is 384 g/mol. The van der Waals surface area contributed by atoms with Gasteiger partial charge in [-0.05, 0) is 12.8 Å². The van der Waals surface area contributed by atoms with Crippen LogP contribution in [0.4, 0.5) is 9.93 Å². The van der Waals surface area contributed by atoms with E-state index in [2.05, 4.69) is 25.7 Å². The number of carbonyl (C=O) groups is 1. The molecule has 2 amide bonds. The van der Waals surface area contributed by atoms with Crippen LogP contribution in [0.25, 0.3) is 10.6 Å². The largest absolute Gasteiger partial charge is 0.339 e. The van der Waals surface area contributed by atoms with E-state index in [1.165, 1.54) is 11.3 Å². The second-order valence-corrected chi connectivity index (χ2v) is 7.37. The van der Waals surface area contributed by atoms with Crippen LogP contribution >= 0.6 is 11.3 Å². The fraction of sp³-hybridized carbons (Fsp3) is 0.389. The Bertz CT molecular complexity index is 909. The van der Waals surface area contributed by atoms with Crippen LogP contribution in [0.5, 0.6) is 0 Å². The Morgan fingerprint density at radius 1 is 1.33 bits per heavy atom. The minimum Gasteiger partial charge on any atom is -0.339 e. The van der Waals surface area contributed by atoms with Crippen LogP contribution in [0.15, 0.2) is 34.9 Å². The Morgan fingerprint density at radius 3 is 2.96 bits per heavy atom. The molecular weight excluding hydrogens is 364 g/mol. The molecule has 0 radical (unpaired) electrons. The maximum atomic E-state index is 12.6. The van der Waals surface area contributed by atoms with E-state index in [1.54, 1.807) is 4.90 Å². The zero-order valence-electron chi connectivity index (χ0n) is 15.0. The number of carbonyl (C=O) groups excluding carboxylic acids is 1. The van der Waals surface area contributed by atoms with Gasteiger partial charge < -0.3 is 9.42 Å². The number of anilines is 1. The molecule has 2 aromatic heterocycles. The molecule has 1 atom stereocenters.